The lowest BCUT2D eigenvalue weighted by Crippen LogP contribution is -2.50. The average molecular weight is 373 g/mol. The first kappa shape index (κ1) is 19.8. The van der Waals surface area contributed by atoms with Crippen LogP contribution in [0.15, 0.2) is 24.3 Å². The molecule has 1 saturated heterocycles. The van der Waals surface area contributed by atoms with E-state index in [0.717, 1.165) is 51.1 Å². The number of carboxylic acid groups (broad SMARTS) is 1. The molecule has 1 aromatic rings. The van der Waals surface area contributed by atoms with Crippen molar-refractivity contribution < 1.29 is 14.7 Å². The van der Waals surface area contributed by atoms with Crippen molar-refractivity contribution in [2.45, 2.75) is 45.2 Å². The fourth-order valence-electron chi connectivity index (χ4n) is 4.21. The van der Waals surface area contributed by atoms with Crippen molar-refractivity contribution in [3.8, 4) is 0 Å². The van der Waals surface area contributed by atoms with Gasteiger partial charge in [-0.2, -0.15) is 0 Å². The summed E-state index contributed by atoms with van der Waals surface area (Å²) < 4.78 is 0. The van der Waals surface area contributed by atoms with Gasteiger partial charge in [0.2, 0.25) is 5.91 Å². The van der Waals surface area contributed by atoms with E-state index in [1.807, 2.05) is 6.07 Å². The van der Waals surface area contributed by atoms with Crippen molar-refractivity contribution in [3.63, 3.8) is 0 Å². The molecule has 2 unspecified atom stereocenters. The molecule has 0 radical (unpaired) electrons. The van der Waals surface area contributed by atoms with Crippen LogP contribution in [-0.4, -0.2) is 65.5 Å². The molecule has 1 saturated carbocycles. The second kappa shape index (κ2) is 9.33. The van der Waals surface area contributed by atoms with Gasteiger partial charge in [0.15, 0.2) is 0 Å². The van der Waals surface area contributed by atoms with E-state index >= 15 is 0 Å². The van der Waals surface area contributed by atoms with Crippen LogP contribution in [0, 0.1) is 5.92 Å². The topological polar surface area (TPSA) is 72.9 Å². The van der Waals surface area contributed by atoms with Gasteiger partial charge in [-0.3, -0.25) is 14.6 Å². The van der Waals surface area contributed by atoms with Crippen molar-refractivity contribution in [2.24, 2.45) is 5.92 Å². The Labute approximate surface area is 161 Å². The Morgan fingerprint density at radius 2 is 1.89 bits per heavy atom. The Kier molecular flexibility index (Phi) is 6.85. The number of rotatable bonds is 6. The molecule has 1 aliphatic heterocycles. The van der Waals surface area contributed by atoms with Crippen LogP contribution in [0.3, 0.4) is 0 Å². The first-order valence-corrected chi connectivity index (χ1v) is 10.1. The first-order chi connectivity index (χ1) is 13.0. The molecule has 6 heteroatoms. The predicted molar refractivity (Wildman–Crippen MR) is 105 cm³/mol. The molecule has 0 spiro atoms. The van der Waals surface area contributed by atoms with Gasteiger partial charge in [0.05, 0.1) is 12.1 Å². The van der Waals surface area contributed by atoms with Crippen molar-refractivity contribution in [1.29, 1.82) is 0 Å². The normalized spacial score (nSPS) is 24.5. The highest BCUT2D eigenvalue weighted by molar-refractivity contribution is 5.87. The first-order valence-electron chi connectivity index (χ1n) is 10.1. The number of carboxylic acids is 1. The number of piperazine rings is 1. The molecular weight excluding hydrogens is 342 g/mol. The van der Waals surface area contributed by atoms with Crippen molar-refractivity contribution >= 4 is 11.9 Å². The number of hydrogen-bond donors (Lipinski definition) is 2. The molecule has 1 amide bonds. The molecule has 3 rings (SSSR count). The van der Waals surface area contributed by atoms with E-state index < -0.39 is 5.97 Å². The maximum atomic E-state index is 12.3. The highest BCUT2D eigenvalue weighted by Crippen LogP contribution is 2.23. The molecule has 27 heavy (non-hydrogen) atoms. The Hall–Kier alpha value is -1.92. The third kappa shape index (κ3) is 6.04. The molecule has 1 aliphatic carbocycles. The average Bonchev–Trinajstić information content (AvgIpc) is 2.63. The number of benzene rings is 1. The van der Waals surface area contributed by atoms with Gasteiger partial charge < -0.3 is 10.4 Å². The lowest BCUT2D eigenvalue weighted by atomic mass is 9.87. The SMILES string of the molecule is CC1CCCC(NC(=O)CN2CCN(Cc3cccc(C(=O)O)c3)CC2)C1. The summed E-state index contributed by atoms with van der Waals surface area (Å²) in [6, 6.07) is 7.48. The predicted octanol–water partition coefficient (Wildman–Crippen LogP) is 2.20. The van der Waals surface area contributed by atoms with Gasteiger partial charge in [-0.15, -0.1) is 0 Å². The molecule has 2 fully saturated rings. The third-order valence-corrected chi connectivity index (χ3v) is 5.71. The summed E-state index contributed by atoms with van der Waals surface area (Å²) in [6.07, 6.45) is 4.71. The second-order valence-corrected chi connectivity index (χ2v) is 8.09. The fourth-order valence-corrected chi connectivity index (χ4v) is 4.21. The van der Waals surface area contributed by atoms with Crippen LogP contribution in [0.25, 0.3) is 0 Å². The maximum Gasteiger partial charge on any atom is 0.335 e. The Balaban J connectivity index is 1.40. The Bertz CT molecular complexity index is 656. The number of hydrogen-bond acceptors (Lipinski definition) is 4. The standard InChI is InChI=1S/C21H31N3O3/c1-16-4-2-7-19(12-16)22-20(25)15-24-10-8-23(9-11-24)14-17-5-3-6-18(13-17)21(26)27/h3,5-6,13,16,19H,2,4,7-12,14-15H2,1H3,(H,22,25)(H,26,27). The molecule has 0 aromatic heterocycles. The van der Waals surface area contributed by atoms with Crippen LogP contribution in [0.2, 0.25) is 0 Å². The van der Waals surface area contributed by atoms with E-state index in [9.17, 15) is 9.59 Å². The zero-order valence-electron chi connectivity index (χ0n) is 16.2. The van der Waals surface area contributed by atoms with Crippen molar-refractivity contribution in [2.75, 3.05) is 32.7 Å². The molecular formula is C21H31N3O3. The molecule has 2 atom stereocenters. The fraction of sp³-hybridized carbons (Fsp3) is 0.619. The van der Waals surface area contributed by atoms with E-state index in [0.29, 0.717) is 24.1 Å². The zero-order valence-corrected chi connectivity index (χ0v) is 16.2. The monoisotopic (exact) mass is 373 g/mol. The van der Waals surface area contributed by atoms with Crippen LogP contribution in [0.4, 0.5) is 0 Å². The van der Waals surface area contributed by atoms with Gasteiger partial charge in [-0.1, -0.05) is 31.9 Å². The lowest BCUT2D eigenvalue weighted by molar-refractivity contribution is -0.123. The molecule has 2 aliphatic rings. The van der Waals surface area contributed by atoms with Crippen LogP contribution < -0.4 is 5.32 Å². The molecule has 2 N–H and O–H groups in total. The number of aromatic carboxylic acids is 1. The third-order valence-electron chi connectivity index (χ3n) is 5.71. The highest BCUT2D eigenvalue weighted by Gasteiger charge is 2.23. The number of nitrogens with zero attached hydrogens (tertiary/aromatic N) is 2. The summed E-state index contributed by atoms with van der Waals surface area (Å²) in [4.78, 5) is 28.0. The van der Waals surface area contributed by atoms with E-state index in [4.69, 9.17) is 5.11 Å². The van der Waals surface area contributed by atoms with Crippen LogP contribution in [-0.2, 0) is 11.3 Å². The number of carbonyl (C=O) groups excluding carboxylic acids is 1. The van der Waals surface area contributed by atoms with Gasteiger partial charge in [0.1, 0.15) is 0 Å². The van der Waals surface area contributed by atoms with Crippen molar-refractivity contribution in [3.05, 3.63) is 35.4 Å². The minimum absolute atomic E-state index is 0.150. The second-order valence-electron chi connectivity index (χ2n) is 8.09. The van der Waals surface area contributed by atoms with E-state index in [-0.39, 0.29) is 5.91 Å². The lowest BCUT2D eigenvalue weighted by Gasteiger charge is -2.35. The minimum atomic E-state index is -0.889. The number of amides is 1. The molecule has 148 valence electrons. The van der Waals surface area contributed by atoms with Crippen LogP contribution in [0.5, 0.6) is 0 Å². The van der Waals surface area contributed by atoms with Gasteiger partial charge in [-0.25, -0.2) is 4.79 Å². The molecule has 0 bridgehead atoms. The number of nitrogens with one attached hydrogen (secondary N) is 1. The maximum absolute atomic E-state index is 12.3. The quantitative estimate of drug-likeness (QED) is 0.800. The summed E-state index contributed by atoms with van der Waals surface area (Å²) in [5, 5.41) is 12.3. The van der Waals surface area contributed by atoms with Gasteiger partial charge in [0.25, 0.3) is 0 Å². The van der Waals surface area contributed by atoms with E-state index in [1.165, 1.54) is 12.8 Å². The zero-order chi connectivity index (χ0) is 19.2. The van der Waals surface area contributed by atoms with Gasteiger partial charge in [-0.05, 0) is 36.5 Å². The number of carbonyl (C=O) groups is 2. The highest BCUT2D eigenvalue weighted by atomic mass is 16.4. The molecule has 1 aromatic carbocycles. The molecule has 6 nitrogen and oxygen atoms in total. The molecule has 1 heterocycles. The summed E-state index contributed by atoms with van der Waals surface area (Å²) in [7, 11) is 0. The minimum Gasteiger partial charge on any atom is -0.478 e. The Morgan fingerprint density at radius 3 is 2.59 bits per heavy atom. The van der Waals surface area contributed by atoms with Gasteiger partial charge >= 0.3 is 5.97 Å². The summed E-state index contributed by atoms with van der Waals surface area (Å²) in [5.41, 5.74) is 1.35. The summed E-state index contributed by atoms with van der Waals surface area (Å²) in [5.74, 6) is -0.0241. The largest absolute Gasteiger partial charge is 0.478 e. The summed E-state index contributed by atoms with van der Waals surface area (Å²) >= 11 is 0. The Morgan fingerprint density at radius 1 is 1.15 bits per heavy atom. The van der Waals surface area contributed by atoms with E-state index in [1.54, 1.807) is 18.2 Å². The van der Waals surface area contributed by atoms with Crippen molar-refractivity contribution in [1.82, 2.24) is 15.1 Å². The van der Waals surface area contributed by atoms with Crippen LogP contribution in [0.1, 0.15) is 48.5 Å². The van der Waals surface area contributed by atoms with Crippen LogP contribution >= 0.6 is 0 Å². The summed E-state index contributed by atoms with van der Waals surface area (Å²) in [6.45, 7) is 7.02. The smallest absolute Gasteiger partial charge is 0.335 e. The van der Waals surface area contributed by atoms with Gasteiger partial charge in [0, 0.05) is 38.8 Å². The van der Waals surface area contributed by atoms with E-state index in [2.05, 4.69) is 22.0 Å².